The van der Waals surface area contributed by atoms with Gasteiger partial charge in [0.15, 0.2) is 6.61 Å². The predicted octanol–water partition coefficient (Wildman–Crippen LogP) is 4.12. The molecule has 0 saturated heterocycles. The van der Waals surface area contributed by atoms with E-state index in [-0.39, 0.29) is 6.54 Å². The summed E-state index contributed by atoms with van der Waals surface area (Å²) in [7, 11) is 0. The lowest BCUT2D eigenvalue weighted by Gasteiger charge is -2.30. The first kappa shape index (κ1) is 19.3. The van der Waals surface area contributed by atoms with Crippen molar-refractivity contribution >= 4 is 5.91 Å². The van der Waals surface area contributed by atoms with Crippen molar-refractivity contribution in [2.24, 2.45) is 5.41 Å². The first-order valence-corrected chi connectivity index (χ1v) is 7.42. The normalized spacial score (nSPS) is 12.2. The van der Waals surface area contributed by atoms with Crippen LogP contribution in [0, 0.1) is 19.3 Å². The Morgan fingerprint density at radius 3 is 2.26 bits per heavy atom. The Labute approximate surface area is 135 Å². The minimum Gasteiger partial charge on any atom is -0.483 e. The molecule has 0 aliphatic heterocycles. The lowest BCUT2D eigenvalue weighted by molar-refractivity contribution is -0.164. The van der Waals surface area contributed by atoms with Gasteiger partial charge in [0.1, 0.15) is 12.3 Å². The number of rotatable bonds is 5. The highest BCUT2D eigenvalue weighted by atomic mass is 19.4. The van der Waals surface area contributed by atoms with E-state index in [9.17, 15) is 18.0 Å². The van der Waals surface area contributed by atoms with Crippen molar-refractivity contribution in [2.75, 3.05) is 19.7 Å². The smallest absolute Gasteiger partial charge is 0.406 e. The number of hydrogen-bond donors (Lipinski definition) is 0. The lowest BCUT2D eigenvalue weighted by atomic mass is 9.96. The van der Waals surface area contributed by atoms with E-state index < -0.39 is 30.7 Å². The van der Waals surface area contributed by atoms with Crippen LogP contribution in [0.4, 0.5) is 13.2 Å². The van der Waals surface area contributed by atoms with Gasteiger partial charge in [-0.15, -0.1) is 0 Å². The van der Waals surface area contributed by atoms with Crippen molar-refractivity contribution in [2.45, 2.75) is 40.8 Å². The van der Waals surface area contributed by atoms with E-state index in [0.29, 0.717) is 5.75 Å². The maximum Gasteiger partial charge on any atom is 0.406 e. The fraction of sp³-hybridized carbons (Fsp3) is 0.588. The molecule has 0 spiro atoms. The van der Waals surface area contributed by atoms with Gasteiger partial charge in [0.2, 0.25) is 0 Å². The molecule has 0 fully saturated rings. The van der Waals surface area contributed by atoms with Gasteiger partial charge in [0.05, 0.1) is 0 Å². The van der Waals surface area contributed by atoms with E-state index in [1.54, 1.807) is 26.8 Å². The van der Waals surface area contributed by atoms with Crippen molar-refractivity contribution < 1.29 is 22.7 Å². The molecule has 0 aromatic heterocycles. The zero-order chi connectivity index (χ0) is 17.8. The Morgan fingerprint density at radius 2 is 1.74 bits per heavy atom. The Kier molecular flexibility index (Phi) is 6.08. The van der Waals surface area contributed by atoms with Crippen molar-refractivity contribution in [3.63, 3.8) is 0 Å². The van der Waals surface area contributed by atoms with Crippen LogP contribution in [0.25, 0.3) is 0 Å². The summed E-state index contributed by atoms with van der Waals surface area (Å²) in [5, 5.41) is 0. The summed E-state index contributed by atoms with van der Waals surface area (Å²) in [6.07, 6.45) is -4.43. The van der Waals surface area contributed by atoms with E-state index in [2.05, 4.69) is 0 Å². The fourth-order valence-electron chi connectivity index (χ4n) is 2.11. The molecule has 0 aliphatic carbocycles. The highest BCUT2D eigenvalue weighted by Crippen LogP contribution is 2.23. The molecule has 23 heavy (non-hydrogen) atoms. The van der Waals surface area contributed by atoms with Gasteiger partial charge in [-0.05, 0) is 36.5 Å². The third kappa shape index (κ3) is 7.39. The molecule has 0 aliphatic rings. The van der Waals surface area contributed by atoms with Crippen molar-refractivity contribution in [3.05, 3.63) is 29.3 Å². The topological polar surface area (TPSA) is 29.5 Å². The number of ether oxygens (including phenoxy) is 1. The Balaban J connectivity index is 2.78. The summed E-state index contributed by atoms with van der Waals surface area (Å²) in [6, 6.07) is 5.51. The number of carbonyl (C=O) groups excluding carboxylic acids is 1. The number of halogens is 3. The summed E-state index contributed by atoms with van der Waals surface area (Å²) in [5.74, 6) is -0.153. The molecule has 1 aromatic rings. The molecule has 0 heterocycles. The van der Waals surface area contributed by atoms with Crippen molar-refractivity contribution in [1.82, 2.24) is 4.90 Å². The molecule has 0 unspecified atom stereocenters. The van der Waals surface area contributed by atoms with Crippen LogP contribution in [0.2, 0.25) is 0 Å². The van der Waals surface area contributed by atoms with Gasteiger partial charge < -0.3 is 9.64 Å². The van der Waals surface area contributed by atoms with E-state index in [0.717, 1.165) is 16.0 Å². The number of nitrogens with zero attached hydrogens (tertiary/aromatic N) is 1. The van der Waals surface area contributed by atoms with Gasteiger partial charge in [0.25, 0.3) is 5.91 Å². The SMILES string of the molecule is Cc1ccc(C)c(OCC(=O)N(CC(C)(C)C)CC(F)(F)F)c1. The van der Waals surface area contributed by atoms with Crippen LogP contribution >= 0.6 is 0 Å². The summed E-state index contributed by atoms with van der Waals surface area (Å²) in [5.41, 5.74) is 1.36. The van der Waals surface area contributed by atoms with Crippen LogP contribution in [0.5, 0.6) is 5.75 Å². The third-order valence-corrected chi connectivity index (χ3v) is 3.08. The highest BCUT2D eigenvalue weighted by Gasteiger charge is 2.34. The van der Waals surface area contributed by atoms with Crippen LogP contribution in [-0.4, -0.2) is 36.7 Å². The van der Waals surface area contributed by atoms with Crippen molar-refractivity contribution in [1.29, 1.82) is 0 Å². The molecule has 0 atom stereocenters. The second-order valence-electron chi connectivity index (χ2n) is 6.98. The van der Waals surface area contributed by atoms with Gasteiger partial charge >= 0.3 is 6.18 Å². The predicted molar refractivity (Wildman–Crippen MR) is 83.5 cm³/mol. The maximum atomic E-state index is 12.7. The number of aryl methyl sites for hydroxylation is 2. The molecule has 6 heteroatoms. The summed E-state index contributed by atoms with van der Waals surface area (Å²) < 4.78 is 43.5. The number of amides is 1. The van der Waals surface area contributed by atoms with Crippen LogP contribution in [-0.2, 0) is 4.79 Å². The molecule has 0 bridgehead atoms. The van der Waals surface area contributed by atoms with E-state index >= 15 is 0 Å². The van der Waals surface area contributed by atoms with Gasteiger partial charge in [-0.3, -0.25) is 4.79 Å². The van der Waals surface area contributed by atoms with E-state index in [4.69, 9.17) is 4.74 Å². The van der Waals surface area contributed by atoms with Gasteiger partial charge in [-0.2, -0.15) is 13.2 Å². The number of benzene rings is 1. The first-order valence-electron chi connectivity index (χ1n) is 7.42. The third-order valence-electron chi connectivity index (χ3n) is 3.08. The average molecular weight is 331 g/mol. The quantitative estimate of drug-likeness (QED) is 0.812. The first-order chi connectivity index (χ1) is 10.4. The molecule has 3 nitrogen and oxygen atoms in total. The molecule has 1 aromatic carbocycles. The van der Waals surface area contributed by atoms with E-state index in [1.807, 2.05) is 26.0 Å². The maximum absolute atomic E-state index is 12.7. The van der Waals surface area contributed by atoms with E-state index in [1.165, 1.54) is 0 Å². The fourth-order valence-corrected chi connectivity index (χ4v) is 2.11. The molecule has 0 saturated carbocycles. The van der Waals surface area contributed by atoms with Crippen LogP contribution in [0.1, 0.15) is 31.9 Å². The Hall–Kier alpha value is -1.72. The minimum absolute atomic E-state index is 0.0154. The standard InChI is InChI=1S/C17H24F3NO2/c1-12-6-7-13(2)14(8-12)23-9-15(22)21(10-16(3,4)5)11-17(18,19)20/h6-8H,9-11H2,1-5H3. The van der Waals surface area contributed by atoms with Gasteiger partial charge in [-0.1, -0.05) is 32.9 Å². The van der Waals surface area contributed by atoms with Crippen LogP contribution in [0.3, 0.4) is 0 Å². The summed E-state index contributed by atoms with van der Waals surface area (Å²) in [4.78, 5) is 13.0. The molecular weight excluding hydrogens is 307 g/mol. The molecular formula is C17H24F3NO2. The second-order valence-corrected chi connectivity index (χ2v) is 6.98. The number of hydrogen-bond acceptors (Lipinski definition) is 2. The van der Waals surface area contributed by atoms with Crippen LogP contribution in [0.15, 0.2) is 18.2 Å². The van der Waals surface area contributed by atoms with Crippen LogP contribution < -0.4 is 4.74 Å². The molecule has 130 valence electrons. The Morgan fingerprint density at radius 1 is 1.13 bits per heavy atom. The largest absolute Gasteiger partial charge is 0.483 e. The second kappa shape index (κ2) is 7.23. The molecule has 0 radical (unpaired) electrons. The lowest BCUT2D eigenvalue weighted by Crippen LogP contribution is -2.45. The van der Waals surface area contributed by atoms with Gasteiger partial charge in [0, 0.05) is 6.54 Å². The number of carbonyl (C=O) groups is 1. The molecule has 0 N–H and O–H groups in total. The summed E-state index contributed by atoms with van der Waals surface area (Å²) in [6.45, 7) is 7.41. The Bertz CT molecular complexity index is 532. The average Bonchev–Trinajstić information content (AvgIpc) is 2.35. The summed E-state index contributed by atoms with van der Waals surface area (Å²) >= 11 is 0. The zero-order valence-electron chi connectivity index (χ0n) is 14.3. The monoisotopic (exact) mass is 331 g/mol. The zero-order valence-corrected chi connectivity index (χ0v) is 14.3. The van der Waals surface area contributed by atoms with Crippen molar-refractivity contribution in [3.8, 4) is 5.75 Å². The number of alkyl halides is 3. The van der Waals surface area contributed by atoms with Gasteiger partial charge in [-0.25, -0.2) is 0 Å². The molecule has 1 amide bonds. The molecule has 1 rings (SSSR count). The minimum atomic E-state index is -4.43. The highest BCUT2D eigenvalue weighted by molar-refractivity contribution is 5.78.